The molecule has 3 heteroatoms. The van der Waals surface area contributed by atoms with E-state index in [1.54, 1.807) is 0 Å². The lowest BCUT2D eigenvalue weighted by molar-refractivity contribution is 0.177. The highest BCUT2D eigenvalue weighted by Crippen LogP contribution is 2.25. The Morgan fingerprint density at radius 3 is 2.95 bits per heavy atom. The van der Waals surface area contributed by atoms with Crippen LogP contribution >= 0.6 is 11.6 Å². The summed E-state index contributed by atoms with van der Waals surface area (Å²) in [5, 5.41) is 0.717. The Kier molecular flexibility index (Phi) is 6.18. The summed E-state index contributed by atoms with van der Waals surface area (Å²) in [5.41, 5.74) is 1.17. The minimum atomic E-state index is 0.717. The van der Waals surface area contributed by atoms with E-state index in [0.717, 1.165) is 29.7 Å². The Bertz CT molecular complexity index is 421. The van der Waals surface area contributed by atoms with Crippen LogP contribution in [0.15, 0.2) is 18.2 Å². The fourth-order valence-corrected chi connectivity index (χ4v) is 3.12. The molecule has 2 nitrogen and oxygen atoms in total. The number of nitrogens with zero attached hydrogens (tertiary/aromatic N) is 1. The van der Waals surface area contributed by atoms with Gasteiger partial charge in [0.05, 0.1) is 11.6 Å². The highest BCUT2D eigenvalue weighted by atomic mass is 35.5. The molecule has 1 fully saturated rings. The van der Waals surface area contributed by atoms with Crippen LogP contribution in [0.1, 0.15) is 38.2 Å². The van der Waals surface area contributed by atoms with Gasteiger partial charge in [-0.1, -0.05) is 24.6 Å². The Morgan fingerprint density at radius 1 is 1.35 bits per heavy atom. The Hall–Kier alpha value is -0.730. The highest BCUT2D eigenvalue weighted by molar-refractivity contribution is 6.32. The largest absolute Gasteiger partial charge is 0.492 e. The SMILES string of the molecule is Cc1ccc(OCCCCN2CCC[C@H](C)C2)c(Cl)c1. The molecule has 112 valence electrons. The van der Waals surface area contributed by atoms with E-state index in [1.165, 1.54) is 44.5 Å². The number of likely N-dealkylation sites (tertiary alicyclic amines) is 1. The molecule has 1 aromatic carbocycles. The van der Waals surface area contributed by atoms with Gasteiger partial charge in [-0.05, 0) is 69.3 Å². The van der Waals surface area contributed by atoms with Crippen LogP contribution in [0.4, 0.5) is 0 Å². The summed E-state index contributed by atoms with van der Waals surface area (Å²) in [6, 6.07) is 5.95. The maximum Gasteiger partial charge on any atom is 0.137 e. The second-order valence-electron chi connectivity index (χ2n) is 6.04. The highest BCUT2D eigenvalue weighted by Gasteiger charge is 2.15. The number of unbranched alkanes of at least 4 members (excludes halogenated alkanes) is 1. The molecule has 1 atom stereocenters. The maximum absolute atomic E-state index is 6.15. The monoisotopic (exact) mass is 295 g/mol. The van der Waals surface area contributed by atoms with Gasteiger partial charge in [0.2, 0.25) is 0 Å². The molecule has 20 heavy (non-hydrogen) atoms. The molecule has 1 aliphatic rings. The van der Waals surface area contributed by atoms with Gasteiger partial charge in [0.25, 0.3) is 0 Å². The number of rotatable bonds is 6. The van der Waals surface area contributed by atoms with Crippen LogP contribution in [0, 0.1) is 12.8 Å². The van der Waals surface area contributed by atoms with Gasteiger partial charge in [0.15, 0.2) is 0 Å². The van der Waals surface area contributed by atoms with E-state index < -0.39 is 0 Å². The molecule has 0 amide bonds. The number of hydrogen-bond donors (Lipinski definition) is 0. The zero-order valence-corrected chi connectivity index (χ0v) is 13.5. The summed E-state index contributed by atoms with van der Waals surface area (Å²) in [5.74, 6) is 1.68. The molecule has 1 aromatic rings. The van der Waals surface area contributed by atoms with Crippen molar-refractivity contribution in [3.63, 3.8) is 0 Å². The van der Waals surface area contributed by atoms with Gasteiger partial charge >= 0.3 is 0 Å². The number of ether oxygens (including phenoxy) is 1. The second-order valence-corrected chi connectivity index (χ2v) is 6.44. The number of piperidine rings is 1. The number of halogens is 1. The molecule has 1 heterocycles. The first-order valence-electron chi connectivity index (χ1n) is 7.76. The lowest BCUT2D eigenvalue weighted by Crippen LogP contribution is -2.35. The van der Waals surface area contributed by atoms with E-state index >= 15 is 0 Å². The fraction of sp³-hybridized carbons (Fsp3) is 0.647. The molecular weight excluding hydrogens is 270 g/mol. The quantitative estimate of drug-likeness (QED) is 0.715. The number of benzene rings is 1. The molecule has 1 aliphatic heterocycles. The van der Waals surface area contributed by atoms with Crippen molar-refractivity contribution in [2.24, 2.45) is 5.92 Å². The van der Waals surface area contributed by atoms with Gasteiger partial charge in [-0.2, -0.15) is 0 Å². The average molecular weight is 296 g/mol. The maximum atomic E-state index is 6.15. The van der Waals surface area contributed by atoms with Crippen LogP contribution < -0.4 is 4.74 Å². The van der Waals surface area contributed by atoms with Crippen LogP contribution in [0.2, 0.25) is 5.02 Å². The second kappa shape index (κ2) is 7.90. The summed E-state index contributed by atoms with van der Waals surface area (Å²) in [6.45, 7) is 8.89. The van der Waals surface area contributed by atoms with E-state index in [0.29, 0.717) is 0 Å². The fourth-order valence-electron chi connectivity index (χ4n) is 2.83. The molecule has 0 aromatic heterocycles. The zero-order valence-electron chi connectivity index (χ0n) is 12.7. The van der Waals surface area contributed by atoms with Crippen LogP contribution in [-0.2, 0) is 0 Å². The predicted molar refractivity (Wildman–Crippen MR) is 85.8 cm³/mol. The van der Waals surface area contributed by atoms with Crippen molar-refractivity contribution in [3.05, 3.63) is 28.8 Å². The third kappa shape index (κ3) is 4.99. The first kappa shape index (κ1) is 15.7. The van der Waals surface area contributed by atoms with Crippen molar-refractivity contribution in [1.29, 1.82) is 0 Å². The van der Waals surface area contributed by atoms with Crippen molar-refractivity contribution in [2.75, 3.05) is 26.2 Å². The summed E-state index contributed by atoms with van der Waals surface area (Å²) in [7, 11) is 0. The summed E-state index contributed by atoms with van der Waals surface area (Å²) >= 11 is 6.15. The molecule has 0 spiro atoms. The van der Waals surface area contributed by atoms with Crippen molar-refractivity contribution >= 4 is 11.6 Å². The smallest absolute Gasteiger partial charge is 0.137 e. The van der Waals surface area contributed by atoms with E-state index in [2.05, 4.69) is 11.8 Å². The number of aryl methyl sites for hydroxylation is 1. The Labute approximate surface area is 128 Å². The first-order chi connectivity index (χ1) is 9.65. The molecule has 0 saturated carbocycles. The van der Waals surface area contributed by atoms with Crippen molar-refractivity contribution in [1.82, 2.24) is 4.90 Å². The minimum Gasteiger partial charge on any atom is -0.492 e. The molecule has 1 saturated heterocycles. The van der Waals surface area contributed by atoms with E-state index in [-0.39, 0.29) is 0 Å². The summed E-state index contributed by atoms with van der Waals surface area (Å²) < 4.78 is 5.75. The average Bonchev–Trinajstić information content (AvgIpc) is 2.41. The molecular formula is C17H26ClNO. The van der Waals surface area contributed by atoms with E-state index in [4.69, 9.17) is 16.3 Å². The third-order valence-corrected chi connectivity index (χ3v) is 4.25. The molecule has 0 radical (unpaired) electrons. The third-order valence-electron chi connectivity index (χ3n) is 3.95. The summed E-state index contributed by atoms with van der Waals surface area (Å²) in [4.78, 5) is 2.59. The Balaban J connectivity index is 1.61. The van der Waals surface area contributed by atoms with Gasteiger partial charge in [-0.3, -0.25) is 0 Å². The van der Waals surface area contributed by atoms with Crippen LogP contribution in [0.5, 0.6) is 5.75 Å². The van der Waals surface area contributed by atoms with Crippen molar-refractivity contribution in [2.45, 2.75) is 39.5 Å². The lowest BCUT2D eigenvalue weighted by atomic mass is 10.0. The molecule has 0 bridgehead atoms. The van der Waals surface area contributed by atoms with E-state index in [1.807, 2.05) is 25.1 Å². The summed E-state index contributed by atoms with van der Waals surface area (Å²) in [6.07, 6.45) is 5.05. The van der Waals surface area contributed by atoms with Crippen LogP contribution in [-0.4, -0.2) is 31.1 Å². The molecule has 0 N–H and O–H groups in total. The number of hydrogen-bond acceptors (Lipinski definition) is 2. The normalized spacial score (nSPS) is 20.1. The molecule has 0 aliphatic carbocycles. The Morgan fingerprint density at radius 2 is 2.20 bits per heavy atom. The molecule has 2 rings (SSSR count). The van der Waals surface area contributed by atoms with Crippen LogP contribution in [0.3, 0.4) is 0 Å². The van der Waals surface area contributed by atoms with E-state index in [9.17, 15) is 0 Å². The zero-order chi connectivity index (χ0) is 14.4. The van der Waals surface area contributed by atoms with Gasteiger partial charge < -0.3 is 9.64 Å². The molecule has 0 unspecified atom stereocenters. The van der Waals surface area contributed by atoms with Gasteiger partial charge in [0.1, 0.15) is 5.75 Å². The van der Waals surface area contributed by atoms with Gasteiger partial charge in [0, 0.05) is 6.54 Å². The van der Waals surface area contributed by atoms with Crippen molar-refractivity contribution in [3.8, 4) is 5.75 Å². The predicted octanol–water partition coefficient (Wildman–Crippen LogP) is 4.54. The van der Waals surface area contributed by atoms with Crippen LogP contribution in [0.25, 0.3) is 0 Å². The van der Waals surface area contributed by atoms with Gasteiger partial charge in [-0.15, -0.1) is 0 Å². The standard InChI is InChI=1S/C17H26ClNO/c1-14-7-8-17(16(18)12-14)20-11-4-3-9-19-10-5-6-15(2)13-19/h7-8,12,15H,3-6,9-11,13H2,1-2H3/t15-/m0/s1. The van der Waals surface area contributed by atoms with Crippen molar-refractivity contribution < 1.29 is 4.74 Å². The lowest BCUT2D eigenvalue weighted by Gasteiger charge is -2.30. The first-order valence-corrected chi connectivity index (χ1v) is 8.14. The topological polar surface area (TPSA) is 12.5 Å². The minimum absolute atomic E-state index is 0.717. The van der Waals surface area contributed by atoms with Gasteiger partial charge in [-0.25, -0.2) is 0 Å².